The fourth-order valence-electron chi connectivity index (χ4n) is 1.37. The second-order valence-corrected chi connectivity index (χ2v) is 6.03. The molecule has 0 spiro atoms. The largest absolute Gasteiger partial charge is 0.399 e. The number of hydrogen-bond acceptors (Lipinski definition) is 4. The van der Waals surface area contributed by atoms with Crippen LogP contribution in [0.25, 0.3) is 0 Å². The van der Waals surface area contributed by atoms with Crippen molar-refractivity contribution in [1.29, 1.82) is 0 Å². The monoisotopic (exact) mass is 276 g/mol. The summed E-state index contributed by atoms with van der Waals surface area (Å²) < 4.78 is 39.7. The number of halogens is 1. The number of hydrogen-bond donors (Lipinski definition) is 3. The summed E-state index contributed by atoms with van der Waals surface area (Å²) in [5.41, 5.74) is 5.59. The Morgan fingerprint density at radius 1 is 1.44 bits per heavy atom. The molecule has 1 unspecified atom stereocenters. The molecule has 0 saturated carbocycles. The smallest absolute Gasteiger partial charge is 0.243 e. The Morgan fingerprint density at radius 3 is 2.56 bits per heavy atom. The zero-order valence-corrected chi connectivity index (χ0v) is 11.0. The van der Waals surface area contributed by atoms with E-state index in [1.165, 1.54) is 6.07 Å². The molecule has 0 radical (unpaired) electrons. The first-order chi connectivity index (χ1) is 8.27. The third-order valence-corrected chi connectivity index (χ3v) is 4.06. The van der Waals surface area contributed by atoms with Gasteiger partial charge in [0, 0.05) is 11.7 Å². The molecule has 1 aromatic carbocycles. The van der Waals surface area contributed by atoms with E-state index in [2.05, 4.69) is 4.72 Å². The van der Waals surface area contributed by atoms with Crippen LogP contribution in [-0.2, 0) is 10.0 Å². The lowest BCUT2D eigenvalue weighted by Crippen LogP contribution is -2.41. The number of anilines is 1. The molecule has 1 aromatic rings. The molecule has 102 valence electrons. The Labute approximate surface area is 106 Å². The van der Waals surface area contributed by atoms with E-state index < -0.39 is 26.8 Å². The summed E-state index contributed by atoms with van der Waals surface area (Å²) >= 11 is 0. The van der Waals surface area contributed by atoms with Gasteiger partial charge in [-0.3, -0.25) is 0 Å². The molecule has 0 aliphatic heterocycles. The minimum Gasteiger partial charge on any atom is -0.399 e. The van der Waals surface area contributed by atoms with Crippen molar-refractivity contribution >= 4 is 15.7 Å². The molecule has 0 amide bonds. The van der Waals surface area contributed by atoms with Crippen LogP contribution >= 0.6 is 0 Å². The lowest BCUT2D eigenvalue weighted by atomic mass is 10.1. The first-order valence-corrected chi connectivity index (χ1v) is 6.94. The van der Waals surface area contributed by atoms with Crippen LogP contribution in [0.2, 0.25) is 0 Å². The standard InChI is InChI=1S/C11H17FN2O3S/c1-7(2)10(6-15)14-18(16,17)11-5-8(13)3-4-9(11)12/h3-5,7,10,14-15H,6,13H2,1-2H3. The lowest BCUT2D eigenvalue weighted by molar-refractivity contribution is 0.227. The molecular formula is C11H17FN2O3S. The summed E-state index contributed by atoms with van der Waals surface area (Å²) in [6.07, 6.45) is 0. The Kier molecular flexibility index (Phi) is 4.66. The number of rotatable bonds is 5. The van der Waals surface area contributed by atoms with E-state index in [0.717, 1.165) is 12.1 Å². The van der Waals surface area contributed by atoms with E-state index in [1.54, 1.807) is 13.8 Å². The zero-order chi connectivity index (χ0) is 13.9. The molecule has 0 saturated heterocycles. The number of aliphatic hydroxyl groups is 1. The van der Waals surface area contributed by atoms with Gasteiger partial charge in [0.1, 0.15) is 10.7 Å². The number of aliphatic hydroxyl groups excluding tert-OH is 1. The molecule has 1 rings (SSSR count). The number of nitrogen functional groups attached to an aromatic ring is 1. The highest BCUT2D eigenvalue weighted by molar-refractivity contribution is 7.89. The second-order valence-electron chi connectivity index (χ2n) is 4.34. The van der Waals surface area contributed by atoms with Crippen LogP contribution in [0.5, 0.6) is 0 Å². The Balaban J connectivity index is 3.10. The van der Waals surface area contributed by atoms with Crippen molar-refractivity contribution < 1.29 is 17.9 Å². The highest BCUT2D eigenvalue weighted by Crippen LogP contribution is 2.18. The van der Waals surface area contributed by atoms with Crippen LogP contribution in [0.15, 0.2) is 23.1 Å². The quantitative estimate of drug-likeness (QED) is 0.690. The van der Waals surface area contributed by atoms with Crippen molar-refractivity contribution in [2.24, 2.45) is 5.92 Å². The van der Waals surface area contributed by atoms with Gasteiger partial charge in [0.15, 0.2) is 0 Å². The van der Waals surface area contributed by atoms with Crippen LogP contribution in [0.4, 0.5) is 10.1 Å². The lowest BCUT2D eigenvalue weighted by Gasteiger charge is -2.20. The maximum atomic E-state index is 13.5. The highest BCUT2D eigenvalue weighted by atomic mass is 32.2. The second kappa shape index (κ2) is 5.64. The molecule has 5 nitrogen and oxygen atoms in total. The van der Waals surface area contributed by atoms with Crippen molar-refractivity contribution in [3.8, 4) is 0 Å². The number of nitrogens with two attached hydrogens (primary N) is 1. The number of nitrogens with one attached hydrogen (secondary N) is 1. The summed E-state index contributed by atoms with van der Waals surface area (Å²) in [5.74, 6) is -0.994. The van der Waals surface area contributed by atoms with E-state index in [-0.39, 0.29) is 18.2 Å². The molecule has 0 aromatic heterocycles. The summed E-state index contributed by atoms with van der Waals surface area (Å²) in [6, 6.07) is 2.65. The molecule has 0 bridgehead atoms. The number of benzene rings is 1. The van der Waals surface area contributed by atoms with E-state index in [0.29, 0.717) is 0 Å². The topological polar surface area (TPSA) is 92.4 Å². The Morgan fingerprint density at radius 2 is 2.06 bits per heavy atom. The van der Waals surface area contributed by atoms with Crippen molar-refractivity contribution in [3.05, 3.63) is 24.0 Å². The molecule has 0 fully saturated rings. The van der Waals surface area contributed by atoms with Crippen molar-refractivity contribution in [2.75, 3.05) is 12.3 Å². The van der Waals surface area contributed by atoms with E-state index in [4.69, 9.17) is 10.8 Å². The van der Waals surface area contributed by atoms with Gasteiger partial charge in [-0.2, -0.15) is 0 Å². The minimum absolute atomic E-state index is 0.117. The Hall–Kier alpha value is -1.18. The average molecular weight is 276 g/mol. The van der Waals surface area contributed by atoms with Crippen LogP contribution in [0.1, 0.15) is 13.8 Å². The molecular weight excluding hydrogens is 259 g/mol. The molecule has 4 N–H and O–H groups in total. The van der Waals surface area contributed by atoms with Crippen molar-refractivity contribution in [3.63, 3.8) is 0 Å². The van der Waals surface area contributed by atoms with Crippen LogP contribution in [0, 0.1) is 11.7 Å². The van der Waals surface area contributed by atoms with Gasteiger partial charge in [0.2, 0.25) is 10.0 Å². The van der Waals surface area contributed by atoms with Gasteiger partial charge in [0.05, 0.1) is 6.61 Å². The van der Waals surface area contributed by atoms with Gasteiger partial charge in [-0.25, -0.2) is 17.5 Å². The van der Waals surface area contributed by atoms with Crippen LogP contribution in [-0.4, -0.2) is 26.2 Å². The predicted octanol–water partition coefficient (Wildman–Crippen LogP) is 0.703. The Bertz CT molecular complexity index is 517. The molecule has 7 heteroatoms. The van der Waals surface area contributed by atoms with Gasteiger partial charge in [-0.1, -0.05) is 13.8 Å². The average Bonchev–Trinajstić information content (AvgIpc) is 2.28. The van der Waals surface area contributed by atoms with E-state index >= 15 is 0 Å². The molecule has 0 heterocycles. The molecule has 1 atom stereocenters. The first kappa shape index (κ1) is 14.9. The van der Waals surface area contributed by atoms with Crippen molar-refractivity contribution in [1.82, 2.24) is 4.72 Å². The third-order valence-electron chi connectivity index (χ3n) is 2.55. The zero-order valence-electron chi connectivity index (χ0n) is 10.2. The van der Waals surface area contributed by atoms with Gasteiger partial charge in [0.25, 0.3) is 0 Å². The predicted molar refractivity (Wildman–Crippen MR) is 66.8 cm³/mol. The van der Waals surface area contributed by atoms with Crippen molar-refractivity contribution in [2.45, 2.75) is 24.8 Å². The SMILES string of the molecule is CC(C)C(CO)NS(=O)(=O)c1cc(N)ccc1F. The van der Waals surface area contributed by atoms with Crippen LogP contribution < -0.4 is 10.5 Å². The van der Waals surface area contributed by atoms with Gasteiger partial charge in [-0.15, -0.1) is 0 Å². The summed E-state index contributed by atoms with van der Waals surface area (Å²) in [4.78, 5) is -0.512. The summed E-state index contributed by atoms with van der Waals surface area (Å²) in [5, 5.41) is 9.09. The molecule has 0 aliphatic rings. The van der Waals surface area contributed by atoms with Gasteiger partial charge in [-0.05, 0) is 24.1 Å². The van der Waals surface area contributed by atoms with Gasteiger partial charge >= 0.3 is 0 Å². The molecule has 18 heavy (non-hydrogen) atoms. The third kappa shape index (κ3) is 3.41. The van der Waals surface area contributed by atoms with Gasteiger partial charge < -0.3 is 10.8 Å². The van der Waals surface area contributed by atoms with Crippen LogP contribution in [0.3, 0.4) is 0 Å². The maximum absolute atomic E-state index is 13.5. The molecule has 0 aliphatic carbocycles. The number of sulfonamides is 1. The highest BCUT2D eigenvalue weighted by Gasteiger charge is 2.24. The maximum Gasteiger partial charge on any atom is 0.243 e. The summed E-state index contributed by atoms with van der Waals surface area (Å²) in [7, 11) is -4.03. The minimum atomic E-state index is -4.03. The normalized spacial score (nSPS) is 13.8. The fraction of sp³-hybridized carbons (Fsp3) is 0.455. The first-order valence-electron chi connectivity index (χ1n) is 5.46. The van der Waals surface area contributed by atoms with E-state index in [9.17, 15) is 12.8 Å². The fourth-order valence-corrected chi connectivity index (χ4v) is 2.86. The van der Waals surface area contributed by atoms with E-state index in [1.807, 2.05) is 0 Å². The summed E-state index contributed by atoms with van der Waals surface area (Å²) in [6.45, 7) is 3.14.